The van der Waals surface area contributed by atoms with Gasteiger partial charge in [0.2, 0.25) is 0 Å². The van der Waals surface area contributed by atoms with E-state index in [0.29, 0.717) is 6.61 Å². The minimum Gasteiger partial charge on any atom is -0.497 e. The molecule has 2 aromatic rings. The highest BCUT2D eigenvalue weighted by Gasteiger charge is 1.99. The molecular formula is C25H32O4. The molecular weight excluding hydrogens is 364 g/mol. The Hall–Kier alpha value is -2.75. The second-order valence-corrected chi connectivity index (χ2v) is 7.00. The van der Waals surface area contributed by atoms with E-state index >= 15 is 0 Å². The summed E-state index contributed by atoms with van der Waals surface area (Å²) in [5.41, 5.74) is 2.27. The molecule has 0 bridgehead atoms. The molecule has 0 N–H and O–H groups in total. The lowest BCUT2D eigenvalue weighted by molar-refractivity contribution is -0.137. The zero-order chi connectivity index (χ0) is 20.7. The van der Waals surface area contributed by atoms with E-state index in [9.17, 15) is 4.79 Å². The second-order valence-electron chi connectivity index (χ2n) is 7.00. The number of aryl methyl sites for hydroxylation is 1. The molecule has 0 aliphatic rings. The highest BCUT2D eigenvalue weighted by molar-refractivity contribution is 5.87. The first-order chi connectivity index (χ1) is 14.2. The fourth-order valence-corrected chi connectivity index (χ4v) is 3.07. The van der Waals surface area contributed by atoms with E-state index in [2.05, 4.69) is 12.1 Å². The van der Waals surface area contributed by atoms with Crippen LogP contribution < -0.4 is 9.47 Å². The molecule has 0 aliphatic carbocycles. The summed E-state index contributed by atoms with van der Waals surface area (Å²) < 4.78 is 15.6. The van der Waals surface area contributed by atoms with Crippen molar-refractivity contribution in [3.8, 4) is 11.5 Å². The van der Waals surface area contributed by atoms with Crippen LogP contribution in [-0.2, 0) is 16.0 Å². The fourth-order valence-electron chi connectivity index (χ4n) is 3.07. The van der Waals surface area contributed by atoms with Crippen LogP contribution >= 0.6 is 0 Å². The smallest absolute Gasteiger partial charge is 0.330 e. The number of carbonyl (C=O) groups is 1. The van der Waals surface area contributed by atoms with Gasteiger partial charge < -0.3 is 14.2 Å². The molecule has 0 heterocycles. The zero-order valence-corrected chi connectivity index (χ0v) is 17.6. The summed E-state index contributed by atoms with van der Waals surface area (Å²) in [5.74, 6) is 1.43. The third-order valence-electron chi connectivity index (χ3n) is 4.77. The maximum absolute atomic E-state index is 11.8. The van der Waals surface area contributed by atoms with Crippen molar-refractivity contribution in [1.29, 1.82) is 0 Å². The van der Waals surface area contributed by atoms with Crippen LogP contribution in [-0.4, -0.2) is 26.8 Å². The summed E-state index contributed by atoms with van der Waals surface area (Å²) in [7, 11) is 3.33. The number of methoxy groups -OCH3 is 2. The Morgan fingerprint density at radius 2 is 1.52 bits per heavy atom. The van der Waals surface area contributed by atoms with Crippen molar-refractivity contribution in [2.75, 3.05) is 20.8 Å². The van der Waals surface area contributed by atoms with Gasteiger partial charge in [-0.05, 0) is 60.7 Å². The third kappa shape index (κ3) is 9.33. The van der Waals surface area contributed by atoms with Gasteiger partial charge >= 0.3 is 5.97 Å². The lowest BCUT2D eigenvalue weighted by Crippen LogP contribution is -2.02. The quantitative estimate of drug-likeness (QED) is 0.242. The predicted octanol–water partition coefficient (Wildman–Crippen LogP) is 5.84. The van der Waals surface area contributed by atoms with Gasteiger partial charge in [0.25, 0.3) is 0 Å². The van der Waals surface area contributed by atoms with E-state index in [1.165, 1.54) is 37.3 Å². The number of rotatable bonds is 13. The summed E-state index contributed by atoms with van der Waals surface area (Å²) in [6.07, 6.45) is 11.1. The number of benzene rings is 2. The number of hydrogen-bond donors (Lipinski definition) is 0. The average molecular weight is 397 g/mol. The number of unbranched alkanes of at least 4 members (excludes halogenated alkanes) is 5. The summed E-state index contributed by atoms with van der Waals surface area (Å²) in [5, 5.41) is 0. The van der Waals surface area contributed by atoms with Gasteiger partial charge in [0.1, 0.15) is 11.5 Å². The van der Waals surface area contributed by atoms with Crippen LogP contribution in [0.5, 0.6) is 11.5 Å². The molecule has 0 aliphatic heterocycles. The molecule has 4 heteroatoms. The number of esters is 1. The molecule has 0 unspecified atom stereocenters. The van der Waals surface area contributed by atoms with Crippen LogP contribution in [0.4, 0.5) is 0 Å². The Morgan fingerprint density at radius 3 is 2.24 bits per heavy atom. The van der Waals surface area contributed by atoms with Crippen LogP contribution in [0.25, 0.3) is 6.08 Å². The van der Waals surface area contributed by atoms with E-state index in [0.717, 1.165) is 36.3 Å². The van der Waals surface area contributed by atoms with E-state index < -0.39 is 0 Å². The van der Waals surface area contributed by atoms with Gasteiger partial charge in [-0.1, -0.05) is 49.9 Å². The zero-order valence-electron chi connectivity index (χ0n) is 17.6. The van der Waals surface area contributed by atoms with E-state index in [-0.39, 0.29) is 5.97 Å². The Morgan fingerprint density at radius 1 is 0.828 bits per heavy atom. The molecule has 0 saturated carbocycles. The number of ether oxygens (including phenoxy) is 3. The van der Waals surface area contributed by atoms with Gasteiger partial charge in [-0.2, -0.15) is 0 Å². The lowest BCUT2D eigenvalue weighted by atomic mass is 10.0. The molecule has 29 heavy (non-hydrogen) atoms. The van der Waals surface area contributed by atoms with Crippen molar-refractivity contribution in [2.24, 2.45) is 0 Å². The molecule has 0 fully saturated rings. The largest absolute Gasteiger partial charge is 0.497 e. The van der Waals surface area contributed by atoms with Gasteiger partial charge in [0.15, 0.2) is 0 Å². The van der Waals surface area contributed by atoms with Crippen molar-refractivity contribution < 1.29 is 19.0 Å². The van der Waals surface area contributed by atoms with Gasteiger partial charge in [-0.15, -0.1) is 0 Å². The standard InChI is InChI=1S/C25H32O4/c1-27-23-16-13-21(14-17-23)15-18-25(26)29-19-8-6-4-3-5-7-10-22-11-9-12-24(20-22)28-2/h9,11-18,20H,3-8,10,19H2,1-2H3/b18-15+. The third-order valence-corrected chi connectivity index (χ3v) is 4.77. The first-order valence-electron chi connectivity index (χ1n) is 10.3. The Balaban J connectivity index is 1.47. The van der Waals surface area contributed by atoms with Crippen molar-refractivity contribution in [1.82, 2.24) is 0 Å². The molecule has 156 valence electrons. The molecule has 0 saturated heterocycles. The molecule has 0 amide bonds. The van der Waals surface area contributed by atoms with Crippen molar-refractivity contribution >= 4 is 12.0 Å². The minimum absolute atomic E-state index is 0.292. The van der Waals surface area contributed by atoms with Gasteiger partial charge in [-0.25, -0.2) is 4.79 Å². The molecule has 2 rings (SSSR count). The van der Waals surface area contributed by atoms with Crippen LogP contribution in [0.3, 0.4) is 0 Å². The molecule has 0 aromatic heterocycles. The highest BCUT2D eigenvalue weighted by Crippen LogP contribution is 2.16. The summed E-state index contributed by atoms with van der Waals surface area (Å²) >= 11 is 0. The topological polar surface area (TPSA) is 44.8 Å². The first kappa shape index (κ1) is 22.5. The van der Waals surface area contributed by atoms with Crippen molar-refractivity contribution in [3.63, 3.8) is 0 Å². The molecule has 4 nitrogen and oxygen atoms in total. The Labute approximate surface area is 174 Å². The summed E-state index contributed by atoms with van der Waals surface area (Å²) in [6, 6.07) is 15.8. The van der Waals surface area contributed by atoms with Crippen LogP contribution in [0.2, 0.25) is 0 Å². The summed E-state index contributed by atoms with van der Waals surface area (Å²) in [4.78, 5) is 11.8. The fraction of sp³-hybridized carbons (Fsp3) is 0.400. The van der Waals surface area contributed by atoms with Crippen LogP contribution in [0.15, 0.2) is 54.6 Å². The van der Waals surface area contributed by atoms with E-state index in [4.69, 9.17) is 14.2 Å². The molecule has 0 atom stereocenters. The average Bonchev–Trinajstić information content (AvgIpc) is 2.77. The van der Waals surface area contributed by atoms with Crippen LogP contribution in [0, 0.1) is 0 Å². The van der Waals surface area contributed by atoms with E-state index in [1.807, 2.05) is 36.4 Å². The maximum Gasteiger partial charge on any atom is 0.330 e. The predicted molar refractivity (Wildman–Crippen MR) is 117 cm³/mol. The Bertz CT molecular complexity index is 750. The number of carbonyl (C=O) groups excluding carboxylic acids is 1. The SMILES string of the molecule is COc1ccc(/C=C/C(=O)OCCCCCCCCc2cccc(OC)c2)cc1. The van der Waals surface area contributed by atoms with Gasteiger partial charge in [-0.3, -0.25) is 0 Å². The normalized spacial score (nSPS) is 10.8. The monoisotopic (exact) mass is 396 g/mol. The van der Waals surface area contributed by atoms with Gasteiger partial charge in [0, 0.05) is 6.08 Å². The molecule has 2 aromatic carbocycles. The minimum atomic E-state index is -0.292. The molecule has 0 radical (unpaired) electrons. The first-order valence-corrected chi connectivity index (χ1v) is 10.3. The van der Waals surface area contributed by atoms with Crippen LogP contribution in [0.1, 0.15) is 49.7 Å². The maximum atomic E-state index is 11.8. The highest BCUT2D eigenvalue weighted by atomic mass is 16.5. The van der Waals surface area contributed by atoms with Crippen molar-refractivity contribution in [2.45, 2.75) is 44.9 Å². The van der Waals surface area contributed by atoms with Gasteiger partial charge in [0.05, 0.1) is 20.8 Å². The summed E-state index contributed by atoms with van der Waals surface area (Å²) in [6.45, 7) is 0.482. The Kier molecular flexibility index (Phi) is 10.4. The van der Waals surface area contributed by atoms with E-state index in [1.54, 1.807) is 20.3 Å². The lowest BCUT2D eigenvalue weighted by Gasteiger charge is -2.05. The number of hydrogen-bond acceptors (Lipinski definition) is 4. The van der Waals surface area contributed by atoms with Crippen molar-refractivity contribution in [3.05, 3.63) is 65.7 Å². The molecule has 0 spiro atoms. The second kappa shape index (κ2) is 13.4.